The van der Waals surface area contributed by atoms with Crippen LogP contribution in [0.25, 0.3) is 44.0 Å². The average Bonchev–Trinajstić information content (AvgIpc) is 2.98. The van der Waals surface area contributed by atoms with E-state index in [-0.39, 0.29) is 0 Å². The highest BCUT2D eigenvalue weighted by Crippen LogP contribution is 2.38. The van der Waals surface area contributed by atoms with Gasteiger partial charge in [0.1, 0.15) is 23.9 Å². The van der Waals surface area contributed by atoms with Crippen LogP contribution in [0.5, 0.6) is 0 Å². The molecule has 0 aliphatic heterocycles. The molecule has 3 heteroatoms. The van der Waals surface area contributed by atoms with Crippen LogP contribution in [0.2, 0.25) is 0 Å². The van der Waals surface area contributed by atoms with Gasteiger partial charge in [-0.15, -0.1) is 0 Å². The zero-order valence-electron chi connectivity index (χ0n) is 15.1. The minimum absolute atomic E-state index is 0.924. The lowest BCUT2D eigenvalue weighted by Crippen LogP contribution is -2.31. The smallest absolute Gasteiger partial charge is 0.234 e. The van der Waals surface area contributed by atoms with Crippen molar-refractivity contribution in [1.29, 1.82) is 0 Å². The summed E-state index contributed by atoms with van der Waals surface area (Å²) in [6, 6.07) is 17.1. The summed E-state index contributed by atoms with van der Waals surface area (Å²) in [5.41, 5.74) is 6.20. The monoisotopic (exact) mass is 339 g/mol. The van der Waals surface area contributed by atoms with Crippen LogP contribution >= 0.6 is 0 Å². The first-order valence-corrected chi connectivity index (χ1v) is 8.79. The van der Waals surface area contributed by atoms with Crippen molar-refractivity contribution in [2.24, 2.45) is 7.05 Å². The van der Waals surface area contributed by atoms with Gasteiger partial charge in [-0.2, -0.15) is 4.57 Å². The van der Waals surface area contributed by atoms with Crippen molar-refractivity contribution in [3.05, 3.63) is 72.2 Å². The van der Waals surface area contributed by atoms with Gasteiger partial charge in [-0.05, 0) is 42.3 Å². The number of aromatic nitrogens is 2. The second kappa shape index (κ2) is 5.40. The normalized spacial score (nSPS) is 11.7. The molecule has 0 bridgehead atoms. The van der Waals surface area contributed by atoms with Gasteiger partial charge in [0.15, 0.2) is 6.20 Å². The van der Waals surface area contributed by atoms with Gasteiger partial charge >= 0.3 is 0 Å². The lowest BCUT2D eigenvalue weighted by Gasteiger charge is -2.05. The van der Waals surface area contributed by atoms with E-state index in [2.05, 4.69) is 72.1 Å². The Kier molecular flexibility index (Phi) is 3.13. The topological polar surface area (TPSA) is 29.9 Å². The van der Waals surface area contributed by atoms with Gasteiger partial charge in [-0.3, -0.25) is 0 Å². The SMILES string of the molecule is Cc1c[n+](C)c(-c2c(C)ccc3c2oc2cc4ccccc4cc23)cn1. The molecule has 0 aliphatic rings. The van der Waals surface area contributed by atoms with Crippen molar-refractivity contribution in [3.63, 3.8) is 0 Å². The van der Waals surface area contributed by atoms with E-state index in [1.165, 1.54) is 16.3 Å². The summed E-state index contributed by atoms with van der Waals surface area (Å²) in [6.45, 7) is 4.13. The van der Waals surface area contributed by atoms with Crippen molar-refractivity contribution in [3.8, 4) is 11.3 Å². The number of hydrogen-bond donors (Lipinski definition) is 0. The Bertz CT molecular complexity index is 1310. The molecule has 0 N–H and O–H groups in total. The quantitative estimate of drug-likeness (QED) is 0.391. The average molecular weight is 339 g/mol. The van der Waals surface area contributed by atoms with E-state index in [1.54, 1.807) is 0 Å². The van der Waals surface area contributed by atoms with Gasteiger partial charge < -0.3 is 4.42 Å². The van der Waals surface area contributed by atoms with Crippen molar-refractivity contribution >= 4 is 32.7 Å². The fraction of sp³-hybridized carbons (Fsp3) is 0.130. The Hall–Kier alpha value is -3.20. The second-order valence-corrected chi connectivity index (χ2v) is 6.96. The molecule has 0 atom stereocenters. The molecular formula is C23H19N2O+. The number of benzene rings is 3. The number of hydrogen-bond acceptors (Lipinski definition) is 2. The molecule has 0 fully saturated rings. The minimum atomic E-state index is 0.924. The van der Waals surface area contributed by atoms with Crippen LogP contribution < -0.4 is 4.57 Å². The van der Waals surface area contributed by atoms with Crippen molar-refractivity contribution in [1.82, 2.24) is 4.98 Å². The summed E-state index contributed by atoms with van der Waals surface area (Å²) < 4.78 is 8.49. The second-order valence-electron chi connectivity index (χ2n) is 6.96. The largest absolute Gasteiger partial charge is 0.455 e. The molecule has 0 radical (unpaired) electrons. The molecule has 2 aromatic heterocycles. The third kappa shape index (κ3) is 2.14. The van der Waals surface area contributed by atoms with E-state index in [0.29, 0.717) is 0 Å². The number of furan rings is 1. The van der Waals surface area contributed by atoms with E-state index in [1.807, 2.05) is 19.3 Å². The predicted molar refractivity (Wildman–Crippen MR) is 105 cm³/mol. The first kappa shape index (κ1) is 15.1. The summed E-state index contributed by atoms with van der Waals surface area (Å²) in [6.07, 6.45) is 3.98. The van der Waals surface area contributed by atoms with Crippen LogP contribution in [0.15, 0.2) is 65.3 Å². The Labute approximate surface area is 151 Å². The molecule has 5 aromatic rings. The Morgan fingerprint density at radius 2 is 1.69 bits per heavy atom. The Morgan fingerprint density at radius 1 is 0.923 bits per heavy atom. The summed E-state index contributed by atoms with van der Waals surface area (Å²) >= 11 is 0. The molecule has 0 amide bonds. The molecule has 0 unspecified atom stereocenters. The summed E-state index contributed by atoms with van der Waals surface area (Å²) in [7, 11) is 2.05. The molecule has 3 nitrogen and oxygen atoms in total. The number of aryl methyl sites for hydroxylation is 3. The molecule has 2 heterocycles. The Balaban J connectivity index is 1.91. The molecule has 0 aliphatic carbocycles. The molecule has 0 spiro atoms. The first-order valence-electron chi connectivity index (χ1n) is 8.79. The van der Waals surface area contributed by atoms with Crippen LogP contribution in [0, 0.1) is 13.8 Å². The number of nitrogens with zero attached hydrogens (tertiary/aromatic N) is 2. The zero-order valence-corrected chi connectivity index (χ0v) is 15.1. The van der Waals surface area contributed by atoms with Gasteiger partial charge in [-0.25, -0.2) is 4.98 Å². The van der Waals surface area contributed by atoms with Gasteiger partial charge in [0.2, 0.25) is 5.69 Å². The highest BCUT2D eigenvalue weighted by atomic mass is 16.3. The first-order chi connectivity index (χ1) is 12.6. The molecule has 126 valence electrons. The highest BCUT2D eigenvalue weighted by molar-refractivity contribution is 6.13. The third-order valence-electron chi connectivity index (χ3n) is 5.12. The van der Waals surface area contributed by atoms with Crippen LogP contribution in [0.4, 0.5) is 0 Å². The van der Waals surface area contributed by atoms with Gasteiger partial charge in [0.25, 0.3) is 0 Å². The van der Waals surface area contributed by atoms with E-state index < -0.39 is 0 Å². The molecule has 3 aromatic carbocycles. The lowest BCUT2D eigenvalue weighted by molar-refractivity contribution is -0.661. The summed E-state index contributed by atoms with van der Waals surface area (Å²) in [5.74, 6) is 0. The standard InChI is InChI=1S/C23H19N2O/c1-14-8-9-18-19-10-16-6-4-5-7-17(16)11-21(19)26-23(18)22(14)20-12-24-15(2)13-25(20)3/h4-13H,1-3H3/q+1. The Morgan fingerprint density at radius 3 is 2.46 bits per heavy atom. The van der Waals surface area contributed by atoms with Gasteiger partial charge in [0.05, 0.1) is 11.8 Å². The van der Waals surface area contributed by atoms with E-state index in [9.17, 15) is 0 Å². The summed E-state index contributed by atoms with van der Waals surface area (Å²) in [5, 5.41) is 4.72. The highest BCUT2D eigenvalue weighted by Gasteiger charge is 2.21. The molecule has 0 saturated heterocycles. The third-order valence-corrected chi connectivity index (χ3v) is 5.12. The maximum absolute atomic E-state index is 6.37. The maximum Gasteiger partial charge on any atom is 0.234 e. The van der Waals surface area contributed by atoms with Crippen LogP contribution in [0.1, 0.15) is 11.3 Å². The fourth-order valence-corrected chi connectivity index (χ4v) is 3.82. The van der Waals surface area contributed by atoms with Gasteiger partial charge in [-0.1, -0.05) is 36.4 Å². The van der Waals surface area contributed by atoms with Crippen molar-refractivity contribution < 1.29 is 8.98 Å². The van der Waals surface area contributed by atoms with Crippen LogP contribution in [-0.2, 0) is 7.05 Å². The number of fused-ring (bicyclic) bond motifs is 4. The van der Waals surface area contributed by atoms with Gasteiger partial charge in [0, 0.05) is 10.8 Å². The van der Waals surface area contributed by atoms with Crippen molar-refractivity contribution in [2.45, 2.75) is 13.8 Å². The fourth-order valence-electron chi connectivity index (χ4n) is 3.82. The molecule has 0 saturated carbocycles. The predicted octanol–water partition coefficient (Wildman–Crippen LogP) is 5.24. The maximum atomic E-state index is 6.37. The summed E-state index contributed by atoms with van der Waals surface area (Å²) in [4.78, 5) is 4.50. The van der Waals surface area contributed by atoms with E-state index >= 15 is 0 Å². The molecular weight excluding hydrogens is 320 g/mol. The molecule has 26 heavy (non-hydrogen) atoms. The molecule has 5 rings (SSSR count). The number of rotatable bonds is 1. The minimum Gasteiger partial charge on any atom is -0.455 e. The zero-order chi connectivity index (χ0) is 17.8. The van der Waals surface area contributed by atoms with E-state index in [0.717, 1.165) is 38.9 Å². The lowest BCUT2D eigenvalue weighted by atomic mass is 10.0. The van der Waals surface area contributed by atoms with Crippen molar-refractivity contribution in [2.75, 3.05) is 0 Å². The van der Waals surface area contributed by atoms with E-state index in [4.69, 9.17) is 4.42 Å². The van der Waals surface area contributed by atoms with Crippen LogP contribution in [0.3, 0.4) is 0 Å². The van der Waals surface area contributed by atoms with Crippen LogP contribution in [-0.4, -0.2) is 4.98 Å².